The van der Waals surface area contributed by atoms with E-state index >= 15 is 0 Å². The number of aromatic nitrogens is 3. The van der Waals surface area contributed by atoms with Crippen molar-refractivity contribution in [2.24, 2.45) is 0 Å². The second-order valence-corrected chi connectivity index (χ2v) is 4.83. The van der Waals surface area contributed by atoms with Crippen molar-refractivity contribution in [2.45, 2.75) is 12.3 Å². The number of aromatic amines is 1. The second kappa shape index (κ2) is 6.02. The van der Waals surface area contributed by atoms with Gasteiger partial charge in [0.05, 0.1) is 11.6 Å². The Morgan fingerprint density at radius 3 is 2.43 bits per heavy atom. The van der Waals surface area contributed by atoms with Gasteiger partial charge in [-0.2, -0.15) is 10.4 Å². The lowest BCUT2D eigenvalue weighted by Gasteiger charge is -2.14. The number of hydrogen-bond acceptors (Lipinski definition) is 3. The van der Waals surface area contributed by atoms with Gasteiger partial charge in [0.1, 0.15) is 6.33 Å². The Bertz CT molecular complexity index is 725. The maximum atomic E-state index is 8.91. The third-order valence-corrected chi connectivity index (χ3v) is 3.47. The molecule has 1 heterocycles. The molecule has 0 amide bonds. The van der Waals surface area contributed by atoms with E-state index in [1.807, 2.05) is 42.5 Å². The van der Waals surface area contributed by atoms with Crippen LogP contribution in [0.15, 0.2) is 60.9 Å². The van der Waals surface area contributed by atoms with E-state index in [1.165, 1.54) is 5.56 Å². The van der Waals surface area contributed by atoms with Crippen molar-refractivity contribution in [2.75, 3.05) is 0 Å². The molecule has 102 valence electrons. The van der Waals surface area contributed by atoms with Crippen LogP contribution in [0.4, 0.5) is 0 Å². The summed E-state index contributed by atoms with van der Waals surface area (Å²) >= 11 is 0. The van der Waals surface area contributed by atoms with Crippen LogP contribution >= 0.6 is 0 Å². The van der Waals surface area contributed by atoms with Crippen molar-refractivity contribution in [3.8, 4) is 6.07 Å². The van der Waals surface area contributed by atoms with Gasteiger partial charge in [-0.1, -0.05) is 42.5 Å². The molecule has 1 N–H and O–H groups in total. The maximum absolute atomic E-state index is 8.91. The van der Waals surface area contributed by atoms with Crippen molar-refractivity contribution < 1.29 is 0 Å². The predicted molar refractivity (Wildman–Crippen MR) is 79.5 cm³/mol. The van der Waals surface area contributed by atoms with Crippen molar-refractivity contribution in [3.63, 3.8) is 0 Å². The fraction of sp³-hybridized carbons (Fsp3) is 0.118. The average Bonchev–Trinajstić information content (AvgIpc) is 3.08. The van der Waals surface area contributed by atoms with Crippen LogP contribution in [-0.4, -0.2) is 15.2 Å². The van der Waals surface area contributed by atoms with E-state index < -0.39 is 0 Å². The number of nitriles is 1. The van der Waals surface area contributed by atoms with Crippen LogP contribution in [0.3, 0.4) is 0 Å². The molecule has 0 aliphatic rings. The Hall–Kier alpha value is -2.93. The average molecular weight is 274 g/mol. The minimum Gasteiger partial charge on any atom is -0.266 e. The molecule has 0 aliphatic carbocycles. The van der Waals surface area contributed by atoms with E-state index in [0.29, 0.717) is 5.56 Å². The molecule has 1 atom stereocenters. The molecule has 4 nitrogen and oxygen atoms in total. The lowest BCUT2D eigenvalue weighted by Crippen LogP contribution is -2.07. The van der Waals surface area contributed by atoms with Crippen molar-refractivity contribution >= 4 is 0 Å². The summed E-state index contributed by atoms with van der Waals surface area (Å²) in [6.07, 6.45) is 2.42. The summed E-state index contributed by atoms with van der Waals surface area (Å²) in [6, 6.07) is 20.0. The van der Waals surface area contributed by atoms with Crippen LogP contribution in [-0.2, 0) is 6.42 Å². The molecule has 4 heteroatoms. The summed E-state index contributed by atoms with van der Waals surface area (Å²) in [5.41, 5.74) is 3.00. The molecule has 3 rings (SSSR count). The Morgan fingerprint density at radius 2 is 1.81 bits per heavy atom. The van der Waals surface area contributed by atoms with Crippen LogP contribution < -0.4 is 0 Å². The molecule has 1 unspecified atom stereocenters. The van der Waals surface area contributed by atoms with E-state index in [4.69, 9.17) is 5.26 Å². The van der Waals surface area contributed by atoms with Gasteiger partial charge in [-0.25, -0.2) is 4.98 Å². The van der Waals surface area contributed by atoms with E-state index in [0.717, 1.165) is 17.8 Å². The molecule has 0 radical (unpaired) electrons. The Morgan fingerprint density at radius 1 is 1.05 bits per heavy atom. The first-order chi connectivity index (χ1) is 10.4. The molecule has 0 fully saturated rings. The molecule has 0 spiro atoms. The molecule has 2 aromatic carbocycles. The van der Waals surface area contributed by atoms with Crippen LogP contribution in [0.5, 0.6) is 0 Å². The highest BCUT2D eigenvalue weighted by molar-refractivity contribution is 5.36. The highest BCUT2D eigenvalue weighted by Gasteiger charge is 2.18. The molecule has 3 aromatic rings. The number of H-pyrrole nitrogens is 1. The third kappa shape index (κ3) is 2.98. The zero-order chi connectivity index (χ0) is 14.5. The van der Waals surface area contributed by atoms with Gasteiger partial charge in [-0.15, -0.1) is 0 Å². The molecule has 0 bridgehead atoms. The number of nitrogens with one attached hydrogen (secondary N) is 1. The fourth-order valence-electron chi connectivity index (χ4n) is 2.38. The molecule has 21 heavy (non-hydrogen) atoms. The largest absolute Gasteiger partial charge is 0.266 e. The minimum absolute atomic E-state index is 0.0754. The number of nitrogens with zero attached hydrogens (tertiary/aromatic N) is 3. The zero-order valence-electron chi connectivity index (χ0n) is 11.4. The zero-order valence-corrected chi connectivity index (χ0v) is 11.4. The Kier molecular flexibility index (Phi) is 3.74. The first-order valence-corrected chi connectivity index (χ1v) is 6.76. The van der Waals surface area contributed by atoms with Gasteiger partial charge < -0.3 is 0 Å². The molecule has 0 saturated carbocycles. The maximum Gasteiger partial charge on any atom is 0.158 e. The summed E-state index contributed by atoms with van der Waals surface area (Å²) in [7, 11) is 0. The normalized spacial score (nSPS) is 11.8. The van der Waals surface area contributed by atoms with Crippen molar-refractivity contribution in [3.05, 3.63) is 83.4 Å². The number of hydrogen-bond donors (Lipinski definition) is 1. The number of rotatable bonds is 4. The molecular formula is C17H14N4. The minimum atomic E-state index is 0.0754. The topological polar surface area (TPSA) is 65.4 Å². The van der Waals surface area contributed by atoms with Gasteiger partial charge in [0, 0.05) is 5.92 Å². The standard InChI is InChI=1S/C17H14N4/c18-11-14-6-8-15(9-7-14)16(17-19-12-20-21-17)10-13-4-2-1-3-5-13/h1-9,12,16H,10H2,(H,19,20,21). The van der Waals surface area contributed by atoms with Gasteiger partial charge in [0.2, 0.25) is 0 Å². The molecule has 0 aliphatic heterocycles. The SMILES string of the molecule is N#Cc1ccc(C(Cc2ccccc2)c2nc[nH]n2)cc1. The van der Waals surface area contributed by atoms with Gasteiger partial charge in [-0.3, -0.25) is 5.10 Å². The first kappa shape index (κ1) is 13.1. The summed E-state index contributed by atoms with van der Waals surface area (Å²) in [5, 5.41) is 15.9. The predicted octanol–water partition coefficient (Wildman–Crippen LogP) is 3.05. The van der Waals surface area contributed by atoms with Gasteiger partial charge in [0.15, 0.2) is 5.82 Å². The van der Waals surface area contributed by atoms with Crippen molar-refractivity contribution in [1.82, 2.24) is 15.2 Å². The second-order valence-electron chi connectivity index (χ2n) is 4.83. The monoisotopic (exact) mass is 274 g/mol. The highest BCUT2D eigenvalue weighted by atomic mass is 15.2. The Balaban J connectivity index is 1.94. The highest BCUT2D eigenvalue weighted by Crippen LogP contribution is 2.26. The Labute approximate surface area is 123 Å². The molecule has 1 aromatic heterocycles. The van der Waals surface area contributed by atoms with E-state index in [1.54, 1.807) is 6.33 Å². The molecule has 0 saturated heterocycles. The summed E-state index contributed by atoms with van der Waals surface area (Å²) in [4.78, 5) is 4.30. The van der Waals surface area contributed by atoms with Crippen LogP contribution in [0.2, 0.25) is 0 Å². The smallest absolute Gasteiger partial charge is 0.158 e. The number of benzene rings is 2. The summed E-state index contributed by atoms with van der Waals surface area (Å²) in [5.74, 6) is 0.843. The third-order valence-electron chi connectivity index (χ3n) is 3.47. The lowest BCUT2D eigenvalue weighted by atomic mass is 9.91. The first-order valence-electron chi connectivity index (χ1n) is 6.76. The lowest BCUT2D eigenvalue weighted by molar-refractivity contribution is 0.742. The quantitative estimate of drug-likeness (QED) is 0.795. The van der Waals surface area contributed by atoms with Gasteiger partial charge in [-0.05, 0) is 29.7 Å². The summed E-state index contributed by atoms with van der Waals surface area (Å²) in [6.45, 7) is 0. The van der Waals surface area contributed by atoms with Gasteiger partial charge >= 0.3 is 0 Å². The van der Waals surface area contributed by atoms with E-state index in [-0.39, 0.29) is 5.92 Å². The van der Waals surface area contributed by atoms with Crippen LogP contribution in [0.1, 0.15) is 28.4 Å². The van der Waals surface area contributed by atoms with E-state index in [9.17, 15) is 0 Å². The van der Waals surface area contributed by atoms with Gasteiger partial charge in [0.25, 0.3) is 0 Å². The van der Waals surface area contributed by atoms with Crippen LogP contribution in [0.25, 0.3) is 0 Å². The van der Waals surface area contributed by atoms with E-state index in [2.05, 4.69) is 33.4 Å². The fourth-order valence-corrected chi connectivity index (χ4v) is 2.38. The van der Waals surface area contributed by atoms with Crippen LogP contribution in [0, 0.1) is 11.3 Å². The summed E-state index contributed by atoms with van der Waals surface area (Å²) < 4.78 is 0. The molecular weight excluding hydrogens is 260 g/mol. The van der Waals surface area contributed by atoms with Crippen molar-refractivity contribution in [1.29, 1.82) is 5.26 Å².